The summed E-state index contributed by atoms with van der Waals surface area (Å²) in [5, 5.41) is 19.9. The molecule has 1 aliphatic carbocycles. The van der Waals surface area contributed by atoms with Crippen molar-refractivity contribution >= 4 is 39.2 Å². The molecule has 1 fully saturated rings. The van der Waals surface area contributed by atoms with Gasteiger partial charge in [0.25, 0.3) is 0 Å². The van der Waals surface area contributed by atoms with Gasteiger partial charge in [0.1, 0.15) is 10.8 Å². The molecule has 2 amide bonds. The highest BCUT2D eigenvalue weighted by Gasteiger charge is 2.20. The molecule has 0 bridgehead atoms. The molecule has 0 atom stereocenters. The number of hydrogen-bond donors (Lipinski definition) is 3. The van der Waals surface area contributed by atoms with Crippen LogP contribution in [0.2, 0.25) is 0 Å². The van der Waals surface area contributed by atoms with E-state index < -0.39 is 0 Å². The summed E-state index contributed by atoms with van der Waals surface area (Å²) in [4.78, 5) is 16.6. The van der Waals surface area contributed by atoms with Crippen molar-refractivity contribution in [1.29, 1.82) is 0 Å². The van der Waals surface area contributed by atoms with E-state index in [1.807, 2.05) is 36.4 Å². The van der Waals surface area contributed by atoms with Crippen molar-refractivity contribution in [2.75, 3.05) is 23.7 Å². The zero-order valence-electron chi connectivity index (χ0n) is 15.6. The maximum Gasteiger partial charge on any atom is 0.321 e. The average molecular weight is 397 g/mol. The lowest BCUT2D eigenvalue weighted by molar-refractivity contribution is 0.252. The summed E-state index contributed by atoms with van der Waals surface area (Å²) in [6, 6.07) is 11.7. The molecule has 0 unspecified atom stereocenters. The summed E-state index contributed by atoms with van der Waals surface area (Å²) in [7, 11) is 0. The van der Waals surface area contributed by atoms with Crippen LogP contribution in [-0.4, -0.2) is 34.3 Å². The lowest BCUT2D eigenvalue weighted by atomic mass is 9.90. The van der Waals surface area contributed by atoms with Crippen LogP contribution < -0.4 is 16.0 Å². The van der Waals surface area contributed by atoms with Crippen LogP contribution in [0, 0.1) is 0 Å². The van der Waals surface area contributed by atoms with Gasteiger partial charge in [0.05, 0.1) is 5.52 Å². The van der Waals surface area contributed by atoms with Gasteiger partial charge >= 0.3 is 6.03 Å². The van der Waals surface area contributed by atoms with E-state index in [2.05, 4.69) is 31.1 Å². The Kier molecular flexibility index (Phi) is 5.96. The Morgan fingerprint density at radius 2 is 1.89 bits per heavy atom. The highest BCUT2D eigenvalue weighted by molar-refractivity contribution is 7.15. The Balaban J connectivity index is 1.20. The van der Waals surface area contributed by atoms with Crippen molar-refractivity contribution in [3.8, 4) is 0 Å². The molecule has 1 aliphatic rings. The Hall–Kier alpha value is -2.74. The van der Waals surface area contributed by atoms with E-state index in [1.165, 1.54) is 43.4 Å². The van der Waals surface area contributed by atoms with E-state index in [-0.39, 0.29) is 6.03 Å². The number of pyridine rings is 1. The smallest absolute Gasteiger partial charge is 0.321 e. The second-order valence-electron chi connectivity index (χ2n) is 6.98. The summed E-state index contributed by atoms with van der Waals surface area (Å²) < 4.78 is 0. The highest BCUT2D eigenvalue weighted by Crippen LogP contribution is 2.35. The minimum absolute atomic E-state index is 0.264. The first-order valence-corrected chi connectivity index (χ1v) is 10.6. The Labute approximate surface area is 168 Å². The average Bonchev–Trinajstić information content (AvgIpc) is 3.20. The van der Waals surface area contributed by atoms with Crippen LogP contribution in [0.4, 0.5) is 15.7 Å². The second-order valence-corrected chi connectivity index (χ2v) is 7.99. The molecule has 0 radical (unpaired) electrons. The number of rotatable bonds is 6. The maximum atomic E-state index is 12.1. The molecule has 1 aromatic carbocycles. The first-order valence-electron chi connectivity index (χ1n) is 9.76. The number of aromatic nitrogens is 3. The van der Waals surface area contributed by atoms with E-state index in [9.17, 15) is 4.79 Å². The van der Waals surface area contributed by atoms with E-state index in [0.717, 1.165) is 21.7 Å². The number of hydrogen-bond acceptors (Lipinski definition) is 6. The molecular weight excluding hydrogens is 372 g/mol. The molecule has 3 aromatic rings. The lowest BCUT2D eigenvalue weighted by Crippen LogP contribution is -2.32. The van der Waals surface area contributed by atoms with Gasteiger partial charge in [0.15, 0.2) is 0 Å². The zero-order valence-corrected chi connectivity index (χ0v) is 16.5. The molecule has 28 heavy (non-hydrogen) atoms. The molecule has 0 saturated heterocycles. The van der Waals surface area contributed by atoms with Gasteiger partial charge in [-0.2, -0.15) is 0 Å². The highest BCUT2D eigenvalue weighted by atomic mass is 32.1. The van der Waals surface area contributed by atoms with Crippen LogP contribution in [0.3, 0.4) is 0 Å². The van der Waals surface area contributed by atoms with Gasteiger partial charge in [-0.25, -0.2) is 9.78 Å². The summed E-state index contributed by atoms with van der Waals surface area (Å²) >= 11 is 1.49. The van der Waals surface area contributed by atoms with Gasteiger partial charge in [0, 0.05) is 24.4 Å². The molecular formula is C20H24N6OS. The summed E-state index contributed by atoms with van der Waals surface area (Å²) in [6.45, 7) is 1.07. The summed E-state index contributed by atoms with van der Waals surface area (Å²) in [5.74, 6) is 1.30. The van der Waals surface area contributed by atoms with E-state index >= 15 is 0 Å². The topological polar surface area (TPSA) is 91.8 Å². The van der Waals surface area contributed by atoms with Gasteiger partial charge in [0.2, 0.25) is 5.13 Å². The minimum Gasteiger partial charge on any atom is -0.368 e. The van der Waals surface area contributed by atoms with Gasteiger partial charge in [-0.05, 0) is 31.0 Å². The summed E-state index contributed by atoms with van der Waals surface area (Å²) in [6.07, 6.45) is 6.18. The van der Waals surface area contributed by atoms with Gasteiger partial charge in [-0.15, -0.1) is 10.2 Å². The monoisotopic (exact) mass is 396 g/mol. The molecule has 2 heterocycles. The van der Waals surface area contributed by atoms with Crippen LogP contribution in [0.5, 0.6) is 0 Å². The number of carbonyl (C=O) groups is 1. The van der Waals surface area contributed by atoms with E-state index in [4.69, 9.17) is 0 Å². The van der Waals surface area contributed by atoms with Crippen molar-refractivity contribution in [2.45, 2.75) is 38.0 Å². The number of fused-ring (bicyclic) bond motifs is 1. The normalized spacial score (nSPS) is 14.7. The third-order valence-electron chi connectivity index (χ3n) is 4.93. The second kappa shape index (κ2) is 8.97. The van der Waals surface area contributed by atoms with Crippen LogP contribution >= 0.6 is 11.3 Å². The predicted molar refractivity (Wildman–Crippen MR) is 113 cm³/mol. The number of amides is 2. The number of nitrogens with zero attached hydrogens (tertiary/aromatic N) is 3. The maximum absolute atomic E-state index is 12.1. The summed E-state index contributed by atoms with van der Waals surface area (Å²) in [5.41, 5.74) is 0.947. The van der Waals surface area contributed by atoms with Crippen molar-refractivity contribution < 1.29 is 4.79 Å². The van der Waals surface area contributed by atoms with Gasteiger partial charge in [-0.1, -0.05) is 48.8 Å². The fourth-order valence-corrected chi connectivity index (χ4v) is 4.38. The molecule has 3 N–H and O–H groups in total. The molecule has 2 aromatic heterocycles. The van der Waals surface area contributed by atoms with Gasteiger partial charge < -0.3 is 10.6 Å². The first kappa shape index (κ1) is 18.6. The minimum atomic E-state index is -0.264. The Morgan fingerprint density at radius 3 is 2.79 bits per heavy atom. The fraction of sp³-hybridized carbons (Fsp3) is 0.400. The molecule has 4 rings (SSSR count). The van der Waals surface area contributed by atoms with E-state index in [0.29, 0.717) is 24.1 Å². The molecule has 146 valence electrons. The quantitative estimate of drug-likeness (QED) is 0.538. The van der Waals surface area contributed by atoms with Crippen molar-refractivity contribution in [2.24, 2.45) is 0 Å². The standard InChI is InChI=1S/C20H24N6OS/c27-19(24-20-26-25-18(28-20)15-7-2-1-3-8-15)22-13-12-21-17-11-10-14-6-4-5-9-16(14)23-17/h4-6,9-11,15H,1-3,7-8,12-13H2,(H,21,23)(H2,22,24,26,27). The van der Waals surface area contributed by atoms with Crippen molar-refractivity contribution in [3.63, 3.8) is 0 Å². The third kappa shape index (κ3) is 4.75. The lowest BCUT2D eigenvalue weighted by Gasteiger charge is -2.18. The SMILES string of the molecule is O=C(NCCNc1ccc2ccccc2n1)Nc1nnc(C2CCCCC2)s1. The predicted octanol–water partition coefficient (Wildman–Crippen LogP) is 4.37. The molecule has 8 heteroatoms. The van der Waals surface area contributed by atoms with Crippen LogP contribution in [0.1, 0.15) is 43.0 Å². The first-order chi connectivity index (χ1) is 13.8. The molecule has 1 saturated carbocycles. The van der Waals surface area contributed by atoms with Gasteiger partial charge in [-0.3, -0.25) is 5.32 Å². The van der Waals surface area contributed by atoms with Crippen LogP contribution in [-0.2, 0) is 0 Å². The molecule has 7 nitrogen and oxygen atoms in total. The fourth-order valence-electron chi connectivity index (χ4n) is 3.47. The number of urea groups is 1. The Bertz CT molecular complexity index is 937. The molecule has 0 aliphatic heterocycles. The molecule has 0 spiro atoms. The number of benzene rings is 1. The number of carbonyl (C=O) groups excluding carboxylic acids is 1. The van der Waals surface area contributed by atoms with Crippen LogP contribution in [0.15, 0.2) is 36.4 Å². The third-order valence-corrected chi connectivity index (χ3v) is 5.93. The van der Waals surface area contributed by atoms with Crippen molar-refractivity contribution in [1.82, 2.24) is 20.5 Å². The van der Waals surface area contributed by atoms with Crippen LogP contribution in [0.25, 0.3) is 10.9 Å². The zero-order chi connectivity index (χ0) is 19.2. The largest absolute Gasteiger partial charge is 0.368 e. The number of anilines is 2. The number of nitrogens with one attached hydrogen (secondary N) is 3. The van der Waals surface area contributed by atoms with E-state index in [1.54, 1.807) is 0 Å². The Morgan fingerprint density at radius 1 is 1.04 bits per heavy atom. The van der Waals surface area contributed by atoms with Crippen molar-refractivity contribution in [3.05, 3.63) is 41.4 Å². The number of para-hydroxylation sites is 1.